The Kier molecular flexibility index (Phi) is 6.51. The van der Waals surface area contributed by atoms with Gasteiger partial charge in [-0.05, 0) is 54.1 Å². The fourth-order valence-corrected chi connectivity index (χ4v) is 5.52. The molecule has 0 aliphatic rings. The number of fused-ring (bicyclic) bond motifs is 2. The van der Waals surface area contributed by atoms with E-state index in [4.69, 9.17) is 11.6 Å². The number of esters is 1. The predicted octanol–water partition coefficient (Wildman–Crippen LogP) is 6.62. The van der Waals surface area contributed by atoms with Crippen LogP contribution in [0.25, 0.3) is 43.1 Å². The van der Waals surface area contributed by atoms with Crippen molar-refractivity contribution in [2.24, 2.45) is 0 Å². The molecule has 0 bridgehead atoms. The molecule has 0 radical (unpaired) electrons. The van der Waals surface area contributed by atoms with Gasteiger partial charge in [-0.2, -0.15) is 18.2 Å². The summed E-state index contributed by atoms with van der Waals surface area (Å²) in [6.07, 6.45) is -5.30. The number of carbonyl (C=O) groups excluding carboxylic acids is 1. The topological polar surface area (TPSA) is 91.0 Å². The van der Waals surface area contributed by atoms with Gasteiger partial charge in [0.25, 0.3) is 5.56 Å². The number of benzene rings is 3. The first kappa shape index (κ1) is 26.5. The predicted molar refractivity (Wildman–Crippen MR) is 152 cm³/mol. The third-order valence-electron chi connectivity index (χ3n) is 6.20. The second-order valence-electron chi connectivity index (χ2n) is 8.78. The lowest BCUT2D eigenvalue weighted by Crippen LogP contribution is -2.31. The van der Waals surface area contributed by atoms with Crippen LogP contribution in [0.2, 0.25) is 5.02 Å². The average Bonchev–Trinajstić information content (AvgIpc) is 3.55. The molecular formula is C28H17ClF3N5O3S. The molecule has 0 aliphatic carbocycles. The van der Waals surface area contributed by atoms with E-state index in [2.05, 4.69) is 20.0 Å². The van der Waals surface area contributed by atoms with Gasteiger partial charge in [0.05, 0.1) is 22.2 Å². The van der Waals surface area contributed by atoms with E-state index in [-0.39, 0.29) is 15.9 Å². The Morgan fingerprint density at radius 1 is 0.927 bits per heavy atom. The van der Waals surface area contributed by atoms with Gasteiger partial charge in [0.15, 0.2) is 0 Å². The molecule has 0 amide bonds. The molecule has 3 heterocycles. The number of ether oxygens (including phenoxy) is 1. The highest BCUT2D eigenvalue weighted by Gasteiger charge is 2.42. The summed E-state index contributed by atoms with van der Waals surface area (Å²) in [5.74, 6) is -2.00. The SMILES string of the molecule is CNc1nc2cc(-n3c(OC(=O)C(F)(F)F)nc4cc(-c5ccc(Cl)cc5)sc4c3=O)ccc2n1-c1ccccc1. The van der Waals surface area contributed by atoms with Gasteiger partial charge in [-0.3, -0.25) is 9.36 Å². The van der Waals surface area contributed by atoms with E-state index in [0.29, 0.717) is 26.9 Å². The first-order chi connectivity index (χ1) is 19.6. The Morgan fingerprint density at radius 2 is 1.66 bits per heavy atom. The van der Waals surface area contributed by atoms with E-state index in [0.717, 1.165) is 27.2 Å². The molecule has 1 N–H and O–H groups in total. The molecule has 206 valence electrons. The molecule has 0 fully saturated rings. The van der Waals surface area contributed by atoms with Gasteiger partial charge >= 0.3 is 18.2 Å². The number of thiophene rings is 1. The molecule has 0 saturated heterocycles. The van der Waals surface area contributed by atoms with E-state index in [1.165, 1.54) is 12.1 Å². The van der Waals surface area contributed by atoms with Crippen LogP contribution in [0.1, 0.15) is 0 Å². The van der Waals surface area contributed by atoms with Gasteiger partial charge < -0.3 is 10.1 Å². The number of halogens is 4. The van der Waals surface area contributed by atoms with Crippen molar-refractivity contribution in [1.82, 2.24) is 19.1 Å². The zero-order chi connectivity index (χ0) is 28.9. The van der Waals surface area contributed by atoms with E-state index in [9.17, 15) is 22.8 Å². The van der Waals surface area contributed by atoms with Crippen molar-refractivity contribution in [3.05, 3.63) is 94.2 Å². The van der Waals surface area contributed by atoms with Crippen LogP contribution in [-0.2, 0) is 4.79 Å². The fraction of sp³-hybridized carbons (Fsp3) is 0.0714. The Hall–Kier alpha value is -4.68. The number of imidazole rings is 1. The highest BCUT2D eigenvalue weighted by molar-refractivity contribution is 7.22. The second kappa shape index (κ2) is 10.1. The number of nitrogens with zero attached hydrogens (tertiary/aromatic N) is 4. The van der Waals surface area contributed by atoms with Crippen molar-refractivity contribution in [1.29, 1.82) is 0 Å². The molecule has 3 aromatic heterocycles. The summed E-state index contributed by atoms with van der Waals surface area (Å²) < 4.78 is 47.0. The fourth-order valence-electron chi connectivity index (χ4n) is 4.37. The minimum Gasteiger partial charge on any atom is -0.385 e. The minimum atomic E-state index is -5.30. The van der Waals surface area contributed by atoms with Gasteiger partial charge in [-0.1, -0.05) is 41.9 Å². The van der Waals surface area contributed by atoms with Gasteiger partial charge in [-0.25, -0.2) is 14.3 Å². The van der Waals surface area contributed by atoms with Crippen LogP contribution in [0.15, 0.2) is 83.7 Å². The highest BCUT2D eigenvalue weighted by atomic mass is 35.5. The maximum atomic E-state index is 13.8. The molecule has 0 aliphatic heterocycles. The molecule has 13 heteroatoms. The normalized spacial score (nSPS) is 11.7. The van der Waals surface area contributed by atoms with E-state index in [1.54, 1.807) is 43.4 Å². The van der Waals surface area contributed by atoms with Crippen molar-refractivity contribution >= 4 is 56.1 Å². The van der Waals surface area contributed by atoms with Crippen LogP contribution < -0.4 is 15.6 Å². The Balaban J connectivity index is 1.56. The molecule has 8 nitrogen and oxygen atoms in total. The third-order valence-corrected chi connectivity index (χ3v) is 7.61. The molecule has 3 aromatic carbocycles. The molecule has 0 atom stereocenters. The number of carbonyl (C=O) groups is 1. The van der Waals surface area contributed by atoms with E-state index in [1.807, 2.05) is 34.9 Å². The summed E-state index contributed by atoms with van der Waals surface area (Å²) in [5, 5.41) is 3.54. The molecule has 6 rings (SSSR count). The minimum absolute atomic E-state index is 0.0816. The van der Waals surface area contributed by atoms with Crippen molar-refractivity contribution < 1.29 is 22.7 Å². The highest BCUT2D eigenvalue weighted by Crippen LogP contribution is 2.34. The van der Waals surface area contributed by atoms with Crippen LogP contribution >= 0.6 is 22.9 Å². The van der Waals surface area contributed by atoms with Gasteiger partial charge in [0.2, 0.25) is 5.95 Å². The monoisotopic (exact) mass is 595 g/mol. The van der Waals surface area contributed by atoms with Crippen molar-refractivity contribution in [3.63, 3.8) is 0 Å². The number of para-hydroxylation sites is 1. The van der Waals surface area contributed by atoms with E-state index < -0.39 is 23.7 Å². The summed E-state index contributed by atoms with van der Waals surface area (Å²) in [7, 11) is 1.70. The summed E-state index contributed by atoms with van der Waals surface area (Å²) >= 11 is 7.09. The van der Waals surface area contributed by atoms with E-state index >= 15 is 0 Å². The third kappa shape index (κ3) is 4.81. The first-order valence-corrected chi connectivity index (χ1v) is 13.2. The van der Waals surface area contributed by atoms with Gasteiger partial charge in [-0.15, -0.1) is 11.3 Å². The number of hydrogen-bond acceptors (Lipinski definition) is 7. The molecule has 0 saturated carbocycles. The van der Waals surface area contributed by atoms with Gasteiger partial charge in [0.1, 0.15) is 4.70 Å². The number of rotatable bonds is 5. The lowest BCUT2D eigenvalue weighted by Gasteiger charge is -2.13. The summed E-state index contributed by atoms with van der Waals surface area (Å²) in [5.41, 5.74) is 2.14. The van der Waals surface area contributed by atoms with Gasteiger partial charge in [0, 0.05) is 22.6 Å². The zero-order valence-corrected chi connectivity index (χ0v) is 22.5. The zero-order valence-electron chi connectivity index (χ0n) is 20.9. The van der Waals surface area contributed by atoms with Crippen LogP contribution in [0.5, 0.6) is 6.01 Å². The van der Waals surface area contributed by atoms with Crippen molar-refractivity contribution in [3.8, 4) is 27.8 Å². The van der Waals surface area contributed by atoms with Crippen LogP contribution in [-0.4, -0.2) is 38.3 Å². The molecule has 0 spiro atoms. The van der Waals surface area contributed by atoms with Crippen LogP contribution in [0.3, 0.4) is 0 Å². The lowest BCUT2D eigenvalue weighted by molar-refractivity contribution is -0.190. The average molecular weight is 596 g/mol. The maximum Gasteiger partial charge on any atom is 0.491 e. The number of anilines is 1. The number of aromatic nitrogens is 4. The van der Waals surface area contributed by atoms with Crippen LogP contribution in [0, 0.1) is 0 Å². The van der Waals surface area contributed by atoms with Crippen molar-refractivity contribution in [2.75, 3.05) is 12.4 Å². The Morgan fingerprint density at radius 3 is 2.34 bits per heavy atom. The molecule has 0 unspecified atom stereocenters. The maximum absolute atomic E-state index is 13.8. The van der Waals surface area contributed by atoms with Crippen molar-refractivity contribution in [2.45, 2.75) is 6.18 Å². The summed E-state index contributed by atoms with van der Waals surface area (Å²) in [4.78, 5) is 35.0. The Bertz CT molecular complexity index is 2000. The number of hydrogen-bond donors (Lipinski definition) is 1. The smallest absolute Gasteiger partial charge is 0.385 e. The first-order valence-electron chi connectivity index (χ1n) is 12.0. The van der Waals surface area contributed by atoms with Crippen LogP contribution in [0.4, 0.5) is 19.1 Å². The largest absolute Gasteiger partial charge is 0.491 e. The second-order valence-corrected chi connectivity index (χ2v) is 10.3. The molecule has 6 aromatic rings. The number of nitrogens with one attached hydrogen (secondary N) is 1. The summed E-state index contributed by atoms with van der Waals surface area (Å²) in [6.45, 7) is 0. The molecule has 41 heavy (non-hydrogen) atoms. The molecular weight excluding hydrogens is 579 g/mol. The summed E-state index contributed by atoms with van der Waals surface area (Å²) in [6, 6.07) is 21.7. The Labute approximate surface area is 238 Å². The lowest BCUT2D eigenvalue weighted by atomic mass is 10.2. The number of alkyl halides is 3. The quantitative estimate of drug-likeness (QED) is 0.225. The standard InChI is InChI=1S/C28H17ClF3N5O3S/c1-33-26-34-19-13-18(11-12-21(19)36(26)17-5-3-2-4-6-17)37-24(38)23-20(35-27(37)40-25(39)28(30,31)32)14-22(41-23)15-7-9-16(29)10-8-15/h2-14H,1H3,(H,33,34).